The summed E-state index contributed by atoms with van der Waals surface area (Å²) >= 11 is 0. The first-order valence-electron chi connectivity index (χ1n) is 6.57. The van der Waals surface area contributed by atoms with Gasteiger partial charge < -0.3 is 0 Å². The van der Waals surface area contributed by atoms with Crippen molar-refractivity contribution in [3.63, 3.8) is 0 Å². The molecule has 118 valence electrons. The second-order valence-electron chi connectivity index (χ2n) is 6.02. The van der Waals surface area contributed by atoms with Crippen LogP contribution in [-0.4, -0.2) is 34.2 Å². The summed E-state index contributed by atoms with van der Waals surface area (Å²) in [6, 6.07) is 4.20. The number of sulfonamides is 1. The molecule has 2 rings (SSSR count). The van der Waals surface area contributed by atoms with Crippen LogP contribution in [0.15, 0.2) is 34.1 Å². The summed E-state index contributed by atoms with van der Waals surface area (Å²) in [4.78, 5) is -0.562. The molecule has 0 aromatic heterocycles. The Morgan fingerprint density at radius 2 is 1.57 bits per heavy atom. The molecule has 1 saturated heterocycles. The van der Waals surface area contributed by atoms with E-state index in [0.29, 0.717) is 13.1 Å². The highest BCUT2D eigenvalue weighted by Crippen LogP contribution is 2.32. The van der Waals surface area contributed by atoms with Crippen LogP contribution in [0.4, 0.5) is 3.89 Å². The molecule has 0 bridgehead atoms. The quantitative estimate of drug-likeness (QED) is 0.794. The Morgan fingerprint density at radius 3 is 2.05 bits per heavy atom. The number of hydrogen-bond acceptors (Lipinski definition) is 4. The van der Waals surface area contributed by atoms with Crippen LogP contribution in [0.1, 0.15) is 26.7 Å². The lowest BCUT2D eigenvalue weighted by Crippen LogP contribution is -2.43. The predicted molar refractivity (Wildman–Crippen MR) is 76.5 cm³/mol. The minimum absolute atomic E-state index is 0.0207. The summed E-state index contributed by atoms with van der Waals surface area (Å²) in [5.41, 5.74) is -0.0897. The van der Waals surface area contributed by atoms with E-state index >= 15 is 0 Å². The van der Waals surface area contributed by atoms with E-state index in [9.17, 15) is 20.7 Å². The van der Waals surface area contributed by atoms with E-state index in [1.54, 1.807) is 0 Å². The Kier molecular flexibility index (Phi) is 4.16. The number of rotatable bonds is 3. The Bertz CT molecular complexity index is 724. The fourth-order valence-corrected chi connectivity index (χ4v) is 4.63. The van der Waals surface area contributed by atoms with Crippen molar-refractivity contribution in [2.75, 3.05) is 13.1 Å². The highest BCUT2D eigenvalue weighted by Gasteiger charge is 2.34. The number of nitrogens with zero attached hydrogens (tertiary/aromatic N) is 1. The lowest BCUT2D eigenvalue weighted by atomic mass is 9.85. The first kappa shape index (κ1) is 16.4. The number of piperidine rings is 1. The van der Waals surface area contributed by atoms with Crippen molar-refractivity contribution in [1.82, 2.24) is 4.31 Å². The molecule has 8 heteroatoms. The smallest absolute Gasteiger partial charge is 0.207 e. The molecule has 1 aliphatic rings. The van der Waals surface area contributed by atoms with E-state index in [1.807, 2.05) is 13.8 Å². The molecule has 0 amide bonds. The van der Waals surface area contributed by atoms with E-state index in [2.05, 4.69) is 0 Å². The average Bonchev–Trinajstić information content (AvgIpc) is 2.36. The molecule has 0 saturated carbocycles. The van der Waals surface area contributed by atoms with Crippen molar-refractivity contribution in [2.45, 2.75) is 36.5 Å². The van der Waals surface area contributed by atoms with Crippen molar-refractivity contribution in [1.29, 1.82) is 0 Å². The Balaban J connectivity index is 2.32. The van der Waals surface area contributed by atoms with Crippen molar-refractivity contribution in [2.24, 2.45) is 5.41 Å². The van der Waals surface area contributed by atoms with Crippen molar-refractivity contribution >= 4 is 20.2 Å². The first-order chi connectivity index (χ1) is 9.52. The molecular formula is C13H18FNO4S2. The minimum atomic E-state index is -4.82. The molecule has 0 radical (unpaired) electrons. The first-order valence-corrected chi connectivity index (χ1v) is 9.40. The van der Waals surface area contributed by atoms with Gasteiger partial charge >= 0.3 is 10.2 Å². The lowest BCUT2D eigenvalue weighted by Gasteiger charge is -2.37. The van der Waals surface area contributed by atoms with Crippen LogP contribution in [0.5, 0.6) is 0 Å². The zero-order chi connectivity index (χ0) is 15.9. The molecular weight excluding hydrogens is 317 g/mol. The zero-order valence-electron chi connectivity index (χ0n) is 11.9. The fourth-order valence-electron chi connectivity index (χ4n) is 2.50. The second-order valence-corrected chi connectivity index (χ2v) is 9.30. The van der Waals surface area contributed by atoms with Crippen molar-refractivity contribution < 1.29 is 20.7 Å². The van der Waals surface area contributed by atoms with E-state index in [1.165, 1.54) is 4.31 Å². The fraction of sp³-hybridized carbons (Fsp3) is 0.538. The van der Waals surface area contributed by atoms with Crippen LogP contribution in [0.2, 0.25) is 0 Å². The Labute approximate surface area is 125 Å². The Morgan fingerprint density at radius 1 is 1.05 bits per heavy atom. The van der Waals surface area contributed by atoms with E-state index in [0.717, 1.165) is 37.1 Å². The molecule has 1 aromatic carbocycles. The molecule has 0 N–H and O–H groups in total. The number of hydrogen-bond donors (Lipinski definition) is 0. The van der Waals surface area contributed by atoms with E-state index in [-0.39, 0.29) is 10.3 Å². The molecule has 0 aliphatic carbocycles. The molecule has 0 atom stereocenters. The third-order valence-corrected chi connectivity index (χ3v) is 6.30. The van der Waals surface area contributed by atoms with Crippen LogP contribution >= 0.6 is 0 Å². The van der Waals surface area contributed by atoms with Gasteiger partial charge in [-0.15, -0.1) is 3.89 Å². The third-order valence-electron chi connectivity index (χ3n) is 3.61. The maximum absolute atomic E-state index is 12.8. The third kappa shape index (κ3) is 3.61. The SMILES string of the molecule is CC1(C)CCCN(S(=O)(=O)c2ccc(S(=O)(=O)F)cc2)C1. The van der Waals surface area contributed by atoms with Crippen LogP contribution in [0.25, 0.3) is 0 Å². The van der Waals surface area contributed by atoms with Gasteiger partial charge in [0.05, 0.1) is 9.79 Å². The largest absolute Gasteiger partial charge is 0.332 e. The van der Waals surface area contributed by atoms with Gasteiger partial charge in [0.2, 0.25) is 10.0 Å². The molecule has 0 unspecified atom stereocenters. The summed E-state index contributed by atoms with van der Waals surface area (Å²) in [6.07, 6.45) is 1.74. The molecule has 1 aliphatic heterocycles. The highest BCUT2D eigenvalue weighted by molar-refractivity contribution is 7.89. The van der Waals surface area contributed by atoms with Gasteiger partial charge in [-0.05, 0) is 42.5 Å². The van der Waals surface area contributed by atoms with Crippen molar-refractivity contribution in [3.8, 4) is 0 Å². The summed E-state index contributed by atoms with van der Waals surface area (Å²) in [7, 11) is -8.50. The highest BCUT2D eigenvalue weighted by atomic mass is 32.3. The van der Waals surface area contributed by atoms with Crippen LogP contribution < -0.4 is 0 Å². The van der Waals surface area contributed by atoms with Gasteiger partial charge in [-0.25, -0.2) is 8.42 Å². The van der Waals surface area contributed by atoms with Crippen LogP contribution in [-0.2, 0) is 20.2 Å². The maximum Gasteiger partial charge on any atom is 0.332 e. The van der Waals surface area contributed by atoms with Gasteiger partial charge in [0.15, 0.2) is 0 Å². The predicted octanol–water partition coefficient (Wildman–Crippen LogP) is 2.16. The zero-order valence-corrected chi connectivity index (χ0v) is 13.5. The normalized spacial score (nSPS) is 20.3. The lowest BCUT2D eigenvalue weighted by molar-refractivity contribution is 0.187. The topological polar surface area (TPSA) is 71.5 Å². The number of halogens is 1. The van der Waals surface area contributed by atoms with Gasteiger partial charge in [-0.3, -0.25) is 0 Å². The molecule has 5 nitrogen and oxygen atoms in total. The number of benzene rings is 1. The van der Waals surface area contributed by atoms with Crippen LogP contribution in [0.3, 0.4) is 0 Å². The summed E-state index contributed by atoms with van der Waals surface area (Å²) in [5.74, 6) is 0. The summed E-state index contributed by atoms with van der Waals surface area (Å²) in [6.45, 7) is 4.87. The minimum Gasteiger partial charge on any atom is -0.207 e. The van der Waals surface area contributed by atoms with Gasteiger partial charge in [0, 0.05) is 13.1 Å². The summed E-state index contributed by atoms with van der Waals surface area (Å²) in [5, 5.41) is 0. The van der Waals surface area contributed by atoms with Gasteiger partial charge in [0.25, 0.3) is 0 Å². The molecule has 21 heavy (non-hydrogen) atoms. The van der Waals surface area contributed by atoms with E-state index in [4.69, 9.17) is 0 Å². The van der Waals surface area contributed by atoms with Crippen LogP contribution in [0, 0.1) is 5.41 Å². The maximum atomic E-state index is 12.8. The molecule has 1 heterocycles. The summed E-state index contributed by atoms with van der Waals surface area (Å²) < 4.78 is 60.8. The second kappa shape index (κ2) is 5.33. The Hall–Kier alpha value is -0.990. The monoisotopic (exact) mass is 335 g/mol. The van der Waals surface area contributed by atoms with Gasteiger partial charge in [0.1, 0.15) is 0 Å². The molecule has 1 fully saturated rings. The van der Waals surface area contributed by atoms with Gasteiger partial charge in [-0.1, -0.05) is 13.8 Å². The van der Waals surface area contributed by atoms with Crippen molar-refractivity contribution in [3.05, 3.63) is 24.3 Å². The van der Waals surface area contributed by atoms with Gasteiger partial charge in [-0.2, -0.15) is 12.7 Å². The molecule has 0 spiro atoms. The standard InChI is InChI=1S/C13H18FNO4S2/c1-13(2)8-3-9-15(10-13)21(18,19)12-6-4-11(5-7-12)20(14,16)17/h4-7H,3,8-10H2,1-2H3. The van der Waals surface area contributed by atoms with E-state index < -0.39 is 25.1 Å². The molecule has 1 aromatic rings. The average molecular weight is 335 g/mol.